The van der Waals surface area contributed by atoms with Gasteiger partial charge in [-0.3, -0.25) is 10.1 Å². The summed E-state index contributed by atoms with van der Waals surface area (Å²) in [6.45, 7) is 0. The second-order valence-electron chi connectivity index (χ2n) is 3.83. The second kappa shape index (κ2) is 5.48. The third kappa shape index (κ3) is 3.42. The van der Waals surface area contributed by atoms with Crippen LogP contribution in [0.2, 0.25) is 0 Å². The van der Waals surface area contributed by atoms with Gasteiger partial charge in [-0.25, -0.2) is 4.39 Å². The van der Waals surface area contributed by atoms with Crippen LogP contribution in [-0.2, 0) is 10.5 Å². The molecule has 1 aliphatic rings. The first kappa shape index (κ1) is 12.3. The average Bonchev–Trinajstić information content (AvgIpc) is 2.27. The number of amides is 1. The van der Waals surface area contributed by atoms with Crippen molar-refractivity contribution in [3.63, 3.8) is 0 Å². The summed E-state index contributed by atoms with van der Waals surface area (Å²) in [5.41, 5.74) is 6.01. The molecule has 1 aromatic rings. The SMILES string of the molecule is NC1CC(=O)NC(SCc2ccccc2F)N1. The minimum absolute atomic E-state index is 0.0812. The number of nitrogens with one attached hydrogen (secondary N) is 2. The lowest BCUT2D eigenvalue weighted by Gasteiger charge is -2.28. The van der Waals surface area contributed by atoms with E-state index in [1.54, 1.807) is 18.2 Å². The van der Waals surface area contributed by atoms with Gasteiger partial charge in [0.25, 0.3) is 0 Å². The van der Waals surface area contributed by atoms with Crippen LogP contribution in [0.5, 0.6) is 0 Å². The molecule has 2 rings (SSSR count). The van der Waals surface area contributed by atoms with Gasteiger partial charge in [-0.2, -0.15) is 0 Å². The smallest absolute Gasteiger partial charge is 0.224 e. The molecule has 1 amide bonds. The van der Waals surface area contributed by atoms with E-state index in [4.69, 9.17) is 5.73 Å². The zero-order valence-corrected chi connectivity index (χ0v) is 9.97. The number of hydrogen-bond donors (Lipinski definition) is 3. The maximum atomic E-state index is 13.4. The summed E-state index contributed by atoms with van der Waals surface area (Å²) < 4.78 is 13.4. The van der Waals surface area contributed by atoms with Crippen molar-refractivity contribution in [1.29, 1.82) is 0 Å². The molecule has 0 bridgehead atoms. The van der Waals surface area contributed by atoms with Crippen LogP contribution in [0.3, 0.4) is 0 Å². The van der Waals surface area contributed by atoms with Crippen molar-refractivity contribution >= 4 is 17.7 Å². The van der Waals surface area contributed by atoms with Gasteiger partial charge in [-0.05, 0) is 11.6 Å². The average molecular weight is 255 g/mol. The lowest BCUT2D eigenvalue weighted by atomic mass is 10.2. The zero-order chi connectivity index (χ0) is 12.3. The van der Waals surface area contributed by atoms with E-state index in [0.29, 0.717) is 11.3 Å². The molecule has 2 unspecified atom stereocenters. The molecule has 2 atom stereocenters. The van der Waals surface area contributed by atoms with Gasteiger partial charge in [0.2, 0.25) is 5.91 Å². The first-order valence-electron chi connectivity index (χ1n) is 5.31. The van der Waals surface area contributed by atoms with E-state index in [1.807, 2.05) is 0 Å². The lowest BCUT2D eigenvalue weighted by Crippen LogP contribution is -2.57. The molecule has 1 saturated heterocycles. The highest BCUT2D eigenvalue weighted by Crippen LogP contribution is 2.19. The van der Waals surface area contributed by atoms with Gasteiger partial charge in [0.15, 0.2) is 0 Å². The Kier molecular flexibility index (Phi) is 3.98. The molecule has 1 aliphatic heterocycles. The van der Waals surface area contributed by atoms with E-state index >= 15 is 0 Å². The number of rotatable bonds is 3. The zero-order valence-electron chi connectivity index (χ0n) is 9.15. The van der Waals surface area contributed by atoms with Crippen molar-refractivity contribution in [3.8, 4) is 0 Å². The van der Waals surface area contributed by atoms with Crippen LogP contribution < -0.4 is 16.4 Å². The molecule has 0 spiro atoms. The van der Waals surface area contributed by atoms with Crippen molar-refractivity contribution in [2.45, 2.75) is 23.8 Å². The van der Waals surface area contributed by atoms with E-state index in [2.05, 4.69) is 10.6 Å². The molecule has 1 fully saturated rings. The highest BCUT2D eigenvalue weighted by atomic mass is 32.2. The summed E-state index contributed by atoms with van der Waals surface area (Å²) in [7, 11) is 0. The van der Waals surface area contributed by atoms with Gasteiger partial charge in [0.05, 0.1) is 12.6 Å². The molecule has 0 saturated carbocycles. The molecule has 0 aliphatic carbocycles. The Balaban J connectivity index is 1.90. The van der Waals surface area contributed by atoms with Crippen LogP contribution >= 0.6 is 11.8 Å². The summed E-state index contributed by atoms with van der Waals surface area (Å²) in [5.74, 6) is 0.172. The number of thioether (sulfide) groups is 1. The van der Waals surface area contributed by atoms with Crippen molar-refractivity contribution in [3.05, 3.63) is 35.6 Å². The Bertz CT molecular complexity index is 415. The van der Waals surface area contributed by atoms with Gasteiger partial charge in [-0.1, -0.05) is 18.2 Å². The van der Waals surface area contributed by atoms with Crippen molar-refractivity contribution < 1.29 is 9.18 Å². The monoisotopic (exact) mass is 255 g/mol. The summed E-state index contributed by atoms with van der Waals surface area (Å²) in [4.78, 5) is 11.2. The second-order valence-corrected chi connectivity index (χ2v) is 4.92. The van der Waals surface area contributed by atoms with E-state index in [-0.39, 0.29) is 29.8 Å². The molecular formula is C11H14FN3OS. The Hall–Kier alpha value is -1.11. The molecule has 4 nitrogen and oxygen atoms in total. The maximum Gasteiger partial charge on any atom is 0.224 e. The third-order valence-corrected chi connectivity index (χ3v) is 3.49. The molecule has 1 aromatic carbocycles. The number of benzene rings is 1. The van der Waals surface area contributed by atoms with E-state index in [0.717, 1.165) is 0 Å². The van der Waals surface area contributed by atoms with Gasteiger partial charge in [0, 0.05) is 5.75 Å². The van der Waals surface area contributed by atoms with Gasteiger partial charge >= 0.3 is 0 Å². The Morgan fingerprint density at radius 3 is 2.94 bits per heavy atom. The molecule has 4 N–H and O–H groups in total. The van der Waals surface area contributed by atoms with Crippen LogP contribution in [0.25, 0.3) is 0 Å². The molecule has 92 valence electrons. The van der Waals surface area contributed by atoms with Crippen molar-refractivity contribution in [2.75, 3.05) is 0 Å². The molecule has 6 heteroatoms. The van der Waals surface area contributed by atoms with Gasteiger partial charge < -0.3 is 11.1 Å². The fourth-order valence-electron chi connectivity index (χ4n) is 1.58. The third-order valence-electron chi connectivity index (χ3n) is 2.43. The van der Waals surface area contributed by atoms with Crippen LogP contribution in [0.4, 0.5) is 4.39 Å². The molecule has 0 radical (unpaired) electrons. The summed E-state index contributed by atoms with van der Waals surface area (Å²) in [6.07, 6.45) is -0.0570. The Morgan fingerprint density at radius 2 is 2.24 bits per heavy atom. The minimum Gasteiger partial charge on any atom is -0.332 e. The summed E-state index contributed by atoms with van der Waals surface area (Å²) in [5, 5.41) is 5.77. The number of hydrogen-bond acceptors (Lipinski definition) is 4. The van der Waals surface area contributed by atoms with Gasteiger partial charge in [0.1, 0.15) is 11.3 Å². The minimum atomic E-state index is -0.332. The highest BCUT2D eigenvalue weighted by molar-refractivity contribution is 7.99. The standard InChI is InChI=1S/C11H14FN3OS/c12-8-4-2-1-3-7(8)6-17-11-14-9(13)5-10(16)15-11/h1-4,9,11,14H,5-6,13H2,(H,15,16). The highest BCUT2D eigenvalue weighted by Gasteiger charge is 2.23. The maximum absolute atomic E-state index is 13.4. The number of carbonyl (C=O) groups excluding carboxylic acids is 1. The predicted molar refractivity (Wildman–Crippen MR) is 65.4 cm³/mol. The van der Waals surface area contributed by atoms with Crippen LogP contribution in [0, 0.1) is 5.82 Å². The van der Waals surface area contributed by atoms with E-state index in [9.17, 15) is 9.18 Å². The summed E-state index contributed by atoms with van der Waals surface area (Å²) in [6, 6.07) is 6.60. The largest absolute Gasteiger partial charge is 0.332 e. The fraction of sp³-hybridized carbons (Fsp3) is 0.364. The molecular weight excluding hydrogens is 241 g/mol. The topological polar surface area (TPSA) is 67.2 Å². The summed E-state index contributed by atoms with van der Waals surface area (Å²) >= 11 is 1.41. The molecule has 17 heavy (non-hydrogen) atoms. The Labute approximate surface area is 103 Å². The first-order valence-corrected chi connectivity index (χ1v) is 6.36. The fourth-order valence-corrected chi connectivity index (χ4v) is 2.64. The van der Waals surface area contributed by atoms with Crippen LogP contribution in [0.1, 0.15) is 12.0 Å². The first-order chi connectivity index (χ1) is 8.15. The van der Waals surface area contributed by atoms with E-state index in [1.165, 1.54) is 17.8 Å². The van der Waals surface area contributed by atoms with Crippen molar-refractivity contribution in [2.24, 2.45) is 5.73 Å². The molecule has 0 aromatic heterocycles. The van der Waals surface area contributed by atoms with Crippen LogP contribution in [0.15, 0.2) is 24.3 Å². The van der Waals surface area contributed by atoms with Gasteiger partial charge in [-0.15, -0.1) is 11.8 Å². The quantitative estimate of drug-likeness (QED) is 0.745. The van der Waals surface area contributed by atoms with Crippen LogP contribution in [-0.4, -0.2) is 17.6 Å². The van der Waals surface area contributed by atoms with E-state index < -0.39 is 0 Å². The number of nitrogens with two attached hydrogens (primary N) is 1. The normalized spacial score (nSPS) is 24.5. The van der Waals surface area contributed by atoms with Crippen molar-refractivity contribution in [1.82, 2.24) is 10.6 Å². The lowest BCUT2D eigenvalue weighted by molar-refractivity contribution is -0.123. The predicted octanol–water partition coefficient (Wildman–Crippen LogP) is 0.737. The molecule has 1 heterocycles. The number of halogens is 1. The number of carbonyl (C=O) groups is 1. The Morgan fingerprint density at radius 1 is 1.47 bits per heavy atom.